The van der Waals surface area contributed by atoms with Gasteiger partial charge in [0.2, 0.25) is 0 Å². The molecule has 0 aliphatic heterocycles. The van der Waals surface area contributed by atoms with Crippen LogP contribution in [0, 0.1) is 24.4 Å². The average molecular weight is 358 g/mol. The Balaban J connectivity index is 2.39. The molecular weight excluding hydrogens is 343 g/mol. The summed E-state index contributed by atoms with van der Waals surface area (Å²) in [7, 11) is 1.60. The molecule has 2 aromatic carbocycles. The molecule has 0 heterocycles. The van der Waals surface area contributed by atoms with Gasteiger partial charge in [-0.15, -0.1) is 0 Å². The number of hydrogen-bond acceptors (Lipinski definition) is 1. The zero-order chi connectivity index (χ0) is 15.6. The van der Waals surface area contributed by atoms with E-state index in [4.69, 9.17) is 0 Å². The minimum Gasteiger partial charge on any atom is -0.313 e. The SMILES string of the molecule is CNC(Cc1ccc(Br)cc1F)c1c(F)ccc(C)c1F. The largest absolute Gasteiger partial charge is 0.313 e. The lowest BCUT2D eigenvalue weighted by Gasteiger charge is -2.19. The molecule has 112 valence electrons. The van der Waals surface area contributed by atoms with Crippen molar-refractivity contribution in [2.24, 2.45) is 0 Å². The van der Waals surface area contributed by atoms with Crippen molar-refractivity contribution in [2.75, 3.05) is 7.05 Å². The van der Waals surface area contributed by atoms with Crippen molar-refractivity contribution >= 4 is 15.9 Å². The second-order valence-corrected chi connectivity index (χ2v) is 5.79. The van der Waals surface area contributed by atoms with Gasteiger partial charge in [-0.1, -0.05) is 28.1 Å². The van der Waals surface area contributed by atoms with Crippen molar-refractivity contribution in [1.82, 2.24) is 5.32 Å². The summed E-state index contributed by atoms with van der Waals surface area (Å²) >= 11 is 3.18. The topological polar surface area (TPSA) is 12.0 Å². The molecule has 1 unspecified atom stereocenters. The van der Waals surface area contributed by atoms with Crippen LogP contribution in [-0.4, -0.2) is 7.05 Å². The Labute approximate surface area is 130 Å². The van der Waals surface area contributed by atoms with Crippen LogP contribution >= 0.6 is 15.9 Å². The van der Waals surface area contributed by atoms with Crippen LogP contribution in [-0.2, 0) is 6.42 Å². The van der Waals surface area contributed by atoms with E-state index in [9.17, 15) is 13.2 Å². The molecular formula is C16H15BrF3N. The Kier molecular flexibility index (Phi) is 5.06. The first-order chi connectivity index (χ1) is 9.93. The molecule has 0 saturated carbocycles. The Bertz CT molecular complexity index is 658. The molecule has 0 aromatic heterocycles. The van der Waals surface area contributed by atoms with Crippen LogP contribution < -0.4 is 5.32 Å². The van der Waals surface area contributed by atoms with Gasteiger partial charge in [-0.3, -0.25) is 0 Å². The lowest BCUT2D eigenvalue weighted by atomic mass is 9.96. The summed E-state index contributed by atoms with van der Waals surface area (Å²) in [5.41, 5.74) is 0.709. The number of hydrogen-bond donors (Lipinski definition) is 1. The maximum atomic E-state index is 14.2. The van der Waals surface area contributed by atoms with Gasteiger partial charge < -0.3 is 5.32 Å². The Hall–Kier alpha value is -1.33. The van der Waals surface area contributed by atoms with Gasteiger partial charge in [-0.25, -0.2) is 13.2 Å². The number of likely N-dealkylation sites (N-methyl/N-ethyl adjacent to an activating group) is 1. The summed E-state index contributed by atoms with van der Waals surface area (Å²) in [5.74, 6) is -1.63. The van der Waals surface area contributed by atoms with E-state index >= 15 is 0 Å². The van der Waals surface area contributed by atoms with Gasteiger partial charge in [0.15, 0.2) is 0 Å². The minimum atomic E-state index is -0.638. The van der Waals surface area contributed by atoms with Crippen molar-refractivity contribution in [3.05, 3.63) is 68.9 Å². The Morgan fingerprint density at radius 3 is 2.43 bits per heavy atom. The van der Waals surface area contributed by atoms with Crippen LogP contribution in [0.1, 0.15) is 22.7 Å². The fourth-order valence-electron chi connectivity index (χ4n) is 2.25. The van der Waals surface area contributed by atoms with Crippen molar-refractivity contribution < 1.29 is 13.2 Å². The summed E-state index contributed by atoms with van der Waals surface area (Å²) < 4.78 is 42.7. The highest BCUT2D eigenvalue weighted by atomic mass is 79.9. The average Bonchev–Trinajstić information content (AvgIpc) is 2.44. The van der Waals surface area contributed by atoms with Crippen LogP contribution in [0.3, 0.4) is 0 Å². The van der Waals surface area contributed by atoms with Gasteiger partial charge in [0.25, 0.3) is 0 Å². The van der Waals surface area contributed by atoms with Crippen LogP contribution in [0.15, 0.2) is 34.8 Å². The highest BCUT2D eigenvalue weighted by Gasteiger charge is 2.21. The Morgan fingerprint density at radius 2 is 1.81 bits per heavy atom. The van der Waals surface area contributed by atoms with Gasteiger partial charge in [0, 0.05) is 16.1 Å². The first-order valence-corrected chi connectivity index (χ1v) is 7.29. The number of nitrogens with one attached hydrogen (secondary N) is 1. The van der Waals surface area contributed by atoms with Gasteiger partial charge in [0.05, 0.1) is 0 Å². The standard InChI is InChI=1S/C16H15BrF3N/c1-9-3-6-12(18)15(16(9)20)14(21-2)7-10-4-5-11(17)8-13(10)19/h3-6,8,14,21H,7H2,1-2H3. The molecule has 0 aliphatic rings. The smallest absolute Gasteiger partial charge is 0.133 e. The van der Waals surface area contributed by atoms with E-state index in [1.54, 1.807) is 26.1 Å². The number of benzene rings is 2. The molecule has 2 aromatic rings. The molecule has 0 amide bonds. The number of halogens is 4. The van der Waals surface area contributed by atoms with E-state index in [0.29, 0.717) is 15.6 Å². The van der Waals surface area contributed by atoms with Crippen LogP contribution in [0.5, 0.6) is 0 Å². The van der Waals surface area contributed by atoms with Crippen molar-refractivity contribution in [1.29, 1.82) is 0 Å². The maximum absolute atomic E-state index is 14.2. The second-order valence-electron chi connectivity index (χ2n) is 4.87. The van der Waals surface area contributed by atoms with Crippen LogP contribution in [0.25, 0.3) is 0 Å². The molecule has 1 nitrogen and oxygen atoms in total. The van der Waals surface area contributed by atoms with E-state index in [0.717, 1.165) is 0 Å². The van der Waals surface area contributed by atoms with Crippen molar-refractivity contribution in [2.45, 2.75) is 19.4 Å². The summed E-state index contributed by atoms with van der Waals surface area (Å²) in [6.07, 6.45) is 0.160. The van der Waals surface area contributed by atoms with E-state index in [-0.39, 0.29) is 12.0 Å². The van der Waals surface area contributed by atoms with E-state index < -0.39 is 23.5 Å². The van der Waals surface area contributed by atoms with Gasteiger partial charge in [-0.2, -0.15) is 0 Å². The highest BCUT2D eigenvalue weighted by Crippen LogP contribution is 2.27. The summed E-state index contributed by atoms with van der Waals surface area (Å²) in [6.45, 7) is 1.57. The van der Waals surface area contributed by atoms with Gasteiger partial charge >= 0.3 is 0 Å². The second kappa shape index (κ2) is 6.62. The molecule has 0 spiro atoms. The molecule has 0 radical (unpaired) electrons. The predicted octanol–water partition coefficient (Wildman–Crippen LogP) is 4.68. The quantitative estimate of drug-likeness (QED) is 0.837. The zero-order valence-electron chi connectivity index (χ0n) is 11.7. The fraction of sp³-hybridized carbons (Fsp3) is 0.250. The third kappa shape index (κ3) is 3.47. The van der Waals surface area contributed by atoms with Gasteiger partial charge in [0.1, 0.15) is 17.5 Å². The zero-order valence-corrected chi connectivity index (χ0v) is 13.3. The molecule has 1 atom stereocenters. The van der Waals surface area contributed by atoms with Gasteiger partial charge in [-0.05, 0) is 49.7 Å². The number of aryl methyl sites for hydroxylation is 1. The lowest BCUT2D eigenvalue weighted by molar-refractivity contribution is 0.479. The minimum absolute atomic E-state index is 0.0557. The molecule has 1 N–H and O–H groups in total. The summed E-state index contributed by atoms with van der Waals surface area (Å²) in [4.78, 5) is 0. The maximum Gasteiger partial charge on any atom is 0.133 e. The van der Waals surface area contributed by atoms with E-state index in [1.807, 2.05) is 0 Å². The fourth-order valence-corrected chi connectivity index (χ4v) is 2.59. The Morgan fingerprint density at radius 1 is 1.10 bits per heavy atom. The third-order valence-electron chi connectivity index (χ3n) is 3.46. The first-order valence-electron chi connectivity index (χ1n) is 6.49. The van der Waals surface area contributed by atoms with Crippen LogP contribution in [0.4, 0.5) is 13.2 Å². The van der Waals surface area contributed by atoms with Crippen molar-refractivity contribution in [3.8, 4) is 0 Å². The summed E-state index contributed by atoms with van der Waals surface area (Å²) in [5, 5.41) is 2.86. The molecule has 0 bridgehead atoms. The van der Waals surface area contributed by atoms with E-state index in [1.165, 1.54) is 18.2 Å². The first kappa shape index (κ1) is 16.0. The van der Waals surface area contributed by atoms with Crippen molar-refractivity contribution in [3.63, 3.8) is 0 Å². The predicted molar refractivity (Wildman–Crippen MR) is 80.7 cm³/mol. The van der Waals surface area contributed by atoms with Crippen LogP contribution in [0.2, 0.25) is 0 Å². The molecule has 2 rings (SSSR count). The lowest BCUT2D eigenvalue weighted by Crippen LogP contribution is -2.22. The highest BCUT2D eigenvalue weighted by molar-refractivity contribution is 9.10. The molecule has 21 heavy (non-hydrogen) atoms. The molecule has 0 saturated heterocycles. The molecule has 0 aliphatic carbocycles. The molecule has 5 heteroatoms. The number of rotatable bonds is 4. The molecule has 0 fully saturated rings. The third-order valence-corrected chi connectivity index (χ3v) is 3.95. The monoisotopic (exact) mass is 357 g/mol. The normalized spacial score (nSPS) is 12.5. The summed E-state index contributed by atoms with van der Waals surface area (Å²) in [6, 6.07) is 6.63. The van der Waals surface area contributed by atoms with E-state index in [2.05, 4.69) is 21.2 Å².